The zero-order chi connectivity index (χ0) is 17.1. The van der Waals surface area contributed by atoms with E-state index in [1.807, 2.05) is 13.8 Å². The molecule has 1 saturated heterocycles. The Bertz CT molecular complexity index is 740. The maximum atomic E-state index is 12.1. The molecule has 0 radical (unpaired) electrons. The number of aryl methyl sites for hydroxylation is 2. The molecule has 1 aliphatic rings. The van der Waals surface area contributed by atoms with Crippen molar-refractivity contribution in [2.45, 2.75) is 33.3 Å². The number of ether oxygens (including phenoxy) is 3. The Morgan fingerprint density at radius 2 is 2.25 bits per heavy atom. The number of nitrogens with one attached hydrogen (secondary N) is 1. The van der Waals surface area contributed by atoms with Gasteiger partial charge in [0.2, 0.25) is 0 Å². The second-order valence-electron chi connectivity index (χ2n) is 5.56. The van der Waals surface area contributed by atoms with Crippen molar-refractivity contribution in [3.8, 4) is 0 Å². The summed E-state index contributed by atoms with van der Waals surface area (Å²) in [5.41, 5.74) is 0.851. The molecule has 0 spiro atoms. The predicted octanol–water partition coefficient (Wildman–Crippen LogP) is 2.66. The van der Waals surface area contributed by atoms with Crippen molar-refractivity contribution in [1.29, 1.82) is 0 Å². The van der Waals surface area contributed by atoms with Gasteiger partial charge in [-0.3, -0.25) is 0 Å². The van der Waals surface area contributed by atoms with E-state index in [0.29, 0.717) is 37.3 Å². The number of carbonyl (C=O) groups excluding carboxylic acids is 1. The van der Waals surface area contributed by atoms with E-state index in [0.717, 1.165) is 28.0 Å². The van der Waals surface area contributed by atoms with Crippen molar-refractivity contribution in [2.24, 2.45) is 0 Å². The van der Waals surface area contributed by atoms with Crippen LogP contribution in [0.2, 0.25) is 0 Å². The molecule has 1 aliphatic heterocycles. The van der Waals surface area contributed by atoms with E-state index in [1.165, 1.54) is 11.3 Å². The highest BCUT2D eigenvalue weighted by Crippen LogP contribution is 2.34. The van der Waals surface area contributed by atoms with E-state index < -0.39 is 0 Å². The first-order valence-corrected chi connectivity index (χ1v) is 8.79. The van der Waals surface area contributed by atoms with E-state index in [1.54, 1.807) is 6.92 Å². The van der Waals surface area contributed by atoms with Crippen LogP contribution >= 0.6 is 11.3 Å². The summed E-state index contributed by atoms with van der Waals surface area (Å²) >= 11 is 1.34. The van der Waals surface area contributed by atoms with Crippen LogP contribution in [0.25, 0.3) is 10.2 Å². The molecule has 8 heteroatoms. The molecule has 0 unspecified atom stereocenters. The summed E-state index contributed by atoms with van der Waals surface area (Å²) in [5.74, 6) is 1.08. The summed E-state index contributed by atoms with van der Waals surface area (Å²) in [6, 6.07) is 0. The van der Waals surface area contributed by atoms with E-state index >= 15 is 0 Å². The molecule has 130 valence electrons. The van der Waals surface area contributed by atoms with Gasteiger partial charge < -0.3 is 19.5 Å². The van der Waals surface area contributed by atoms with Crippen molar-refractivity contribution in [1.82, 2.24) is 9.97 Å². The molecule has 24 heavy (non-hydrogen) atoms. The van der Waals surface area contributed by atoms with Gasteiger partial charge in [0.15, 0.2) is 0 Å². The van der Waals surface area contributed by atoms with Gasteiger partial charge in [-0.25, -0.2) is 14.8 Å². The lowest BCUT2D eigenvalue weighted by atomic mass is 10.2. The smallest absolute Gasteiger partial charge is 0.348 e. The van der Waals surface area contributed by atoms with Crippen molar-refractivity contribution < 1.29 is 19.0 Å². The highest BCUT2D eigenvalue weighted by molar-refractivity contribution is 7.20. The summed E-state index contributed by atoms with van der Waals surface area (Å²) in [4.78, 5) is 22.5. The molecule has 1 fully saturated rings. The van der Waals surface area contributed by atoms with Crippen molar-refractivity contribution >= 4 is 33.3 Å². The normalized spacial score (nSPS) is 17.9. The van der Waals surface area contributed by atoms with Crippen LogP contribution in [0.5, 0.6) is 0 Å². The maximum Gasteiger partial charge on any atom is 0.348 e. The van der Waals surface area contributed by atoms with Gasteiger partial charge in [0.1, 0.15) is 28.1 Å². The van der Waals surface area contributed by atoms with E-state index in [9.17, 15) is 4.79 Å². The first kappa shape index (κ1) is 17.1. The van der Waals surface area contributed by atoms with Gasteiger partial charge in [-0.15, -0.1) is 11.3 Å². The minimum absolute atomic E-state index is 0.0903. The number of fused-ring (bicyclic) bond motifs is 1. The SMILES string of the molecule is CCOC(=O)c1sc2nc(C)nc(NC[C@@H]3CCOCO3)c2c1C. The number of carbonyl (C=O) groups is 1. The van der Waals surface area contributed by atoms with Crippen LogP contribution in [0.4, 0.5) is 5.82 Å². The fraction of sp³-hybridized carbons (Fsp3) is 0.562. The molecular weight excluding hydrogens is 330 g/mol. The molecule has 1 N–H and O–H groups in total. The van der Waals surface area contributed by atoms with Crippen LogP contribution < -0.4 is 5.32 Å². The number of anilines is 1. The minimum atomic E-state index is -0.311. The average Bonchev–Trinajstić information content (AvgIpc) is 2.90. The summed E-state index contributed by atoms with van der Waals surface area (Å²) in [6.07, 6.45) is 0.934. The van der Waals surface area contributed by atoms with Gasteiger partial charge in [0.25, 0.3) is 0 Å². The van der Waals surface area contributed by atoms with Gasteiger partial charge in [-0.1, -0.05) is 0 Å². The third-order valence-corrected chi connectivity index (χ3v) is 5.00. The number of nitrogens with zero attached hydrogens (tertiary/aromatic N) is 2. The van der Waals surface area contributed by atoms with Crippen LogP contribution in [0.15, 0.2) is 0 Å². The number of aromatic nitrogens is 2. The Morgan fingerprint density at radius 3 is 2.96 bits per heavy atom. The standard InChI is InChI=1S/C16H21N3O4S/c1-4-22-16(20)13-9(2)12-14(18-10(3)19-15(12)24-13)17-7-11-5-6-21-8-23-11/h11H,4-8H2,1-3H3,(H,17,18,19)/t11-/m0/s1. The zero-order valence-electron chi connectivity index (χ0n) is 14.0. The highest BCUT2D eigenvalue weighted by Gasteiger charge is 2.22. The summed E-state index contributed by atoms with van der Waals surface area (Å²) in [7, 11) is 0. The molecular formula is C16H21N3O4S. The molecule has 0 aliphatic carbocycles. The van der Waals surface area contributed by atoms with Gasteiger partial charge >= 0.3 is 5.97 Å². The van der Waals surface area contributed by atoms with Crippen LogP contribution in [0.3, 0.4) is 0 Å². The van der Waals surface area contributed by atoms with Crippen LogP contribution in [-0.4, -0.2) is 48.6 Å². The van der Waals surface area contributed by atoms with Gasteiger partial charge in [0.05, 0.1) is 24.7 Å². The Balaban J connectivity index is 1.90. The topological polar surface area (TPSA) is 82.6 Å². The molecule has 0 bridgehead atoms. The molecule has 1 atom stereocenters. The fourth-order valence-corrected chi connectivity index (χ4v) is 3.76. The lowest BCUT2D eigenvalue weighted by molar-refractivity contribution is -0.133. The molecule has 0 saturated carbocycles. The highest BCUT2D eigenvalue weighted by atomic mass is 32.1. The summed E-state index contributed by atoms with van der Waals surface area (Å²) in [5, 5.41) is 4.22. The maximum absolute atomic E-state index is 12.1. The van der Waals surface area contributed by atoms with Crippen LogP contribution in [-0.2, 0) is 14.2 Å². The minimum Gasteiger partial charge on any atom is -0.462 e. The van der Waals surface area contributed by atoms with Crippen molar-refractivity contribution in [3.63, 3.8) is 0 Å². The molecule has 0 aromatic carbocycles. The Morgan fingerprint density at radius 1 is 1.42 bits per heavy atom. The van der Waals surface area contributed by atoms with E-state index in [2.05, 4.69) is 15.3 Å². The molecule has 2 aromatic rings. The third kappa shape index (κ3) is 3.50. The van der Waals surface area contributed by atoms with Crippen molar-refractivity contribution in [2.75, 3.05) is 31.9 Å². The van der Waals surface area contributed by atoms with Crippen LogP contribution in [0, 0.1) is 13.8 Å². The number of rotatable bonds is 5. The molecule has 3 heterocycles. The fourth-order valence-electron chi connectivity index (χ4n) is 2.64. The van der Waals surface area contributed by atoms with Gasteiger partial charge in [-0.05, 0) is 32.8 Å². The largest absolute Gasteiger partial charge is 0.462 e. The van der Waals surface area contributed by atoms with Crippen molar-refractivity contribution in [3.05, 3.63) is 16.3 Å². The zero-order valence-corrected chi connectivity index (χ0v) is 14.9. The van der Waals surface area contributed by atoms with Gasteiger partial charge in [-0.2, -0.15) is 0 Å². The Labute approximate surface area is 144 Å². The quantitative estimate of drug-likeness (QED) is 0.829. The lowest BCUT2D eigenvalue weighted by Gasteiger charge is -2.23. The number of thiophene rings is 1. The Kier molecular flexibility index (Phi) is 5.27. The molecule has 2 aromatic heterocycles. The predicted molar refractivity (Wildman–Crippen MR) is 91.6 cm³/mol. The first-order chi connectivity index (χ1) is 11.6. The van der Waals surface area contributed by atoms with Gasteiger partial charge in [0, 0.05) is 6.54 Å². The second-order valence-corrected chi connectivity index (χ2v) is 6.56. The second kappa shape index (κ2) is 7.42. The van der Waals surface area contributed by atoms with Crippen LogP contribution in [0.1, 0.15) is 34.4 Å². The number of hydrogen-bond donors (Lipinski definition) is 1. The van der Waals surface area contributed by atoms with E-state index in [-0.39, 0.29) is 12.1 Å². The number of hydrogen-bond acceptors (Lipinski definition) is 8. The summed E-state index contributed by atoms with van der Waals surface area (Å²) < 4.78 is 15.9. The average molecular weight is 351 g/mol. The first-order valence-electron chi connectivity index (χ1n) is 7.98. The molecule has 7 nitrogen and oxygen atoms in total. The monoisotopic (exact) mass is 351 g/mol. The lowest BCUT2D eigenvalue weighted by Crippen LogP contribution is -2.30. The summed E-state index contributed by atoms with van der Waals surface area (Å²) in [6.45, 7) is 7.56. The third-order valence-electron chi connectivity index (χ3n) is 3.83. The molecule has 3 rings (SSSR count). The van der Waals surface area contributed by atoms with E-state index in [4.69, 9.17) is 14.2 Å². The Hall–Kier alpha value is -1.77. The number of esters is 1. The molecule has 0 amide bonds.